The van der Waals surface area contributed by atoms with Crippen molar-refractivity contribution in [2.45, 2.75) is 39.8 Å². The number of ether oxygens (including phenoxy) is 1. The van der Waals surface area contributed by atoms with Crippen LogP contribution in [0, 0.1) is 0 Å². The van der Waals surface area contributed by atoms with Gasteiger partial charge in [0.05, 0.1) is 23.5 Å². The highest BCUT2D eigenvalue weighted by Crippen LogP contribution is 2.31. The smallest absolute Gasteiger partial charge is 0.267 e. The first kappa shape index (κ1) is 18.6. The van der Waals surface area contributed by atoms with E-state index in [0.29, 0.717) is 17.0 Å². The molecule has 7 heteroatoms. The molecular formula is C20H23N5O2. The maximum atomic E-state index is 12.0. The number of nitrogen functional groups attached to an aromatic ring is 1. The van der Waals surface area contributed by atoms with Crippen LogP contribution in [0.3, 0.4) is 0 Å². The Kier molecular flexibility index (Phi) is 5.21. The average Bonchev–Trinajstić information content (AvgIpc) is 2.61. The van der Waals surface area contributed by atoms with Gasteiger partial charge in [-0.25, -0.2) is 14.6 Å². The van der Waals surface area contributed by atoms with Crippen molar-refractivity contribution in [2.24, 2.45) is 0 Å². The van der Waals surface area contributed by atoms with E-state index in [-0.39, 0.29) is 23.7 Å². The summed E-state index contributed by atoms with van der Waals surface area (Å²) in [4.78, 5) is 20.6. The first-order chi connectivity index (χ1) is 12.8. The maximum absolute atomic E-state index is 12.0. The first-order valence-electron chi connectivity index (χ1n) is 8.85. The van der Waals surface area contributed by atoms with Crippen molar-refractivity contribution < 1.29 is 4.74 Å². The van der Waals surface area contributed by atoms with E-state index < -0.39 is 0 Å². The Balaban J connectivity index is 2.15. The van der Waals surface area contributed by atoms with Gasteiger partial charge in [0.2, 0.25) is 5.95 Å². The monoisotopic (exact) mass is 365 g/mol. The SMILES string of the molecule is CC(C)Oc1cccc(-c2nc(N)ncc2-c2ccc(=O)n(C(C)C)n2)c1. The second kappa shape index (κ2) is 7.57. The van der Waals surface area contributed by atoms with E-state index in [1.165, 1.54) is 10.7 Å². The van der Waals surface area contributed by atoms with Crippen LogP contribution in [-0.4, -0.2) is 25.9 Å². The number of rotatable bonds is 5. The van der Waals surface area contributed by atoms with Gasteiger partial charge in [0.1, 0.15) is 5.75 Å². The minimum atomic E-state index is -0.154. The molecule has 0 saturated carbocycles. The average molecular weight is 365 g/mol. The highest BCUT2D eigenvalue weighted by molar-refractivity contribution is 5.79. The van der Waals surface area contributed by atoms with E-state index in [1.807, 2.05) is 52.0 Å². The Morgan fingerprint density at radius 2 is 1.89 bits per heavy atom. The molecule has 0 atom stereocenters. The Morgan fingerprint density at radius 3 is 2.59 bits per heavy atom. The van der Waals surface area contributed by atoms with E-state index in [0.717, 1.165) is 11.3 Å². The van der Waals surface area contributed by atoms with Gasteiger partial charge in [-0.3, -0.25) is 4.79 Å². The van der Waals surface area contributed by atoms with Gasteiger partial charge in [0.25, 0.3) is 5.56 Å². The molecule has 0 aliphatic rings. The summed E-state index contributed by atoms with van der Waals surface area (Å²) in [6.45, 7) is 7.76. The van der Waals surface area contributed by atoms with Crippen LogP contribution >= 0.6 is 0 Å². The molecule has 2 N–H and O–H groups in total. The lowest BCUT2D eigenvalue weighted by Crippen LogP contribution is -2.24. The van der Waals surface area contributed by atoms with Crippen molar-refractivity contribution in [3.63, 3.8) is 0 Å². The zero-order valence-corrected chi connectivity index (χ0v) is 15.9. The zero-order chi connectivity index (χ0) is 19.6. The summed E-state index contributed by atoms with van der Waals surface area (Å²) < 4.78 is 7.22. The van der Waals surface area contributed by atoms with E-state index in [4.69, 9.17) is 10.5 Å². The number of benzene rings is 1. The predicted molar refractivity (Wildman–Crippen MR) is 106 cm³/mol. The highest BCUT2D eigenvalue weighted by Gasteiger charge is 2.15. The van der Waals surface area contributed by atoms with Crippen molar-refractivity contribution in [1.82, 2.24) is 19.7 Å². The zero-order valence-electron chi connectivity index (χ0n) is 15.9. The predicted octanol–water partition coefficient (Wildman–Crippen LogP) is 3.32. The third kappa shape index (κ3) is 4.13. The van der Waals surface area contributed by atoms with Crippen molar-refractivity contribution in [3.05, 3.63) is 52.9 Å². The van der Waals surface area contributed by atoms with Gasteiger partial charge >= 0.3 is 0 Å². The lowest BCUT2D eigenvalue weighted by molar-refractivity contribution is 0.242. The normalized spacial score (nSPS) is 11.2. The molecule has 140 valence electrons. The van der Waals surface area contributed by atoms with Crippen LogP contribution in [0.2, 0.25) is 0 Å². The van der Waals surface area contributed by atoms with Crippen molar-refractivity contribution >= 4 is 5.95 Å². The lowest BCUT2D eigenvalue weighted by Gasteiger charge is -2.14. The standard InChI is InChI=1S/C20H23N5O2/c1-12(2)25-18(26)9-8-17(24-25)16-11-22-20(21)23-19(16)14-6-5-7-15(10-14)27-13(3)4/h5-13H,1-4H3,(H2,21,22,23). The van der Waals surface area contributed by atoms with Gasteiger partial charge < -0.3 is 10.5 Å². The second-order valence-corrected chi connectivity index (χ2v) is 6.78. The highest BCUT2D eigenvalue weighted by atomic mass is 16.5. The molecule has 0 bridgehead atoms. The van der Waals surface area contributed by atoms with Gasteiger partial charge in [-0.05, 0) is 45.9 Å². The Bertz CT molecular complexity index is 1010. The van der Waals surface area contributed by atoms with Gasteiger partial charge in [-0.2, -0.15) is 5.10 Å². The first-order valence-corrected chi connectivity index (χ1v) is 8.85. The van der Waals surface area contributed by atoms with Crippen LogP contribution in [0.4, 0.5) is 5.95 Å². The van der Waals surface area contributed by atoms with Crippen LogP contribution < -0.4 is 16.0 Å². The van der Waals surface area contributed by atoms with Crippen LogP contribution in [-0.2, 0) is 0 Å². The quantitative estimate of drug-likeness (QED) is 0.745. The molecule has 3 rings (SSSR count). The molecule has 1 aromatic carbocycles. The van der Waals surface area contributed by atoms with Gasteiger partial charge in [-0.1, -0.05) is 12.1 Å². The largest absolute Gasteiger partial charge is 0.491 e. The molecule has 0 radical (unpaired) electrons. The Morgan fingerprint density at radius 1 is 1.11 bits per heavy atom. The molecule has 0 saturated heterocycles. The molecule has 0 spiro atoms. The van der Waals surface area contributed by atoms with Gasteiger partial charge in [0, 0.05) is 23.4 Å². The maximum Gasteiger partial charge on any atom is 0.267 e. The van der Waals surface area contributed by atoms with Gasteiger partial charge in [0.15, 0.2) is 0 Å². The molecule has 2 aromatic heterocycles. The molecule has 0 aliphatic heterocycles. The van der Waals surface area contributed by atoms with Crippen molar-refractivity contribution in [3.8, 4) is 28.3 Å². The number of nitrogens with two attached hydrogens (primary N) is 1. The molecular weight excluding hydrogens is 342 g/mol. The van der Waals surface area contributed by atoms with Crippen LogP contribution in [0.15, 0.2) is 47.4 Å². The summed E-state index contributed by atoms with van der Waals surface area (Å²) in [5.41, 5.74) is 8.45. The summed E-state index contributed by atoms with van der Waals surface area (Å²) in [7, 11) is 0. The number of nitrogens with zero attached hydrogens (tertiary/aromatic N) is 4. The summed E-state index contributed by atoms with van der Waals surface area (Å²) >= 11 is 0. The molecule has 7 nitrogen and oxygen atoms in total. The molecule has 3 aromatic rings. The molecule has 0 amide bonds. The van der Waals surface area contributed by atoms with Crippen LogP contribution in [0.5, 0.6) is 5.75 Å². The molecule has 27 heavy (non-hydrogen) atoms. The number of hydrogen-bond donors (Lipinski definition) is 1. The third-order valence-corrected chi connectivity index (χ3v) is 3.88. The third-order valence-electron chi connectivity index (χ3n) is 3.88. The summed E-state index contributed by atoms with van der Waals surface area (Å²) in [5, 5.41) is 4.48. The number of aromatic nitrogens is 4. The van der Waals surface area contributed by atoms with E-state index in [1.54, 1.807) is 12.3 Å². The van der Waals surface area contributed by atoms with Gasteiger partial charge in [-0.15, -0.1) is 0 Å². The van der Waals surface area contributed by atoms with E-state index in [9.17, 15) is 4.79 Å². The molecule has 0 unspecified atom stereocenters. The number of anilines is 1. The fourth-order valence-electron chi connectivity index (χ4n) is 2.73. The van der Waals surface area contributed by atoms with Crippen molar-refractivity contribution in [2.75, 3.05) is 5.73 Å². The van der Waals surface area contributed by atoms with E-state index >= 15 is 0 Å². The fourth-order valence-corrected chi connectivity index (χ4v) is 2.73. The summed E-state index contributed by atoms with van der Waals surface area (Å²) in [5.74, 6) is 0.909. The number of hydrogen-bond acceptors (Lipinski definition) is 6. The van der Waals surface area contributed by atoms with Crippen LogP contribution in [0.25, 0.3) is 22.5 Å². The second-order valence-electron chi connectivity index (χ2n) is 6.78. The Labute approximate surface area is 157 Å². The molecule has 0 fully saturated rings. The minimum Gasteiger partial charge on any atom is -0.491 e. The van der Waals surface area contributed by atoms with Crippen molar-refractivity contribution in [1.29, 1.82) is 0 Å². The summed E-state index contributed by atoms with van der Waals surface area (Å²) in [6.07, 6.45) is 1.69. The molecule has 2 heterocycles. The van der Waals surface area contributed by atoms with E-state index in [2.05, 4.69) is 15.1 Å². The minimum absolute atomic E-state index is 0.0571. The topological polar surface area (TPSA) is 95.9 Å². The molecule has 0 aliphatic carbocycles. The fraction of sp³-hybridized carbons (Fsp3) is 0.300. The lowest BCUT2D eigenvalue weighted by atomic mass is 10.0. The Hall–Kier alpha value is -3.22. The summed E-state index contributed by atoms with van der Waals surface area (Å²) in [6, 6.07) is 10.7. The van der Waals surface area contributed by atoms with Crippen LogP contribution in [0.1, 0.15) is 33.7 Å².